The van der Waals surface area contributed by atoms with E-state index in [9.17, 15) is 0 Å². The minimum atomic E-state index is 0.728. The van der Waals surface area contributed by atoms with Crippen LogP contribution in [0.15, 0.2) is 24.3 Å². The summed E-state index contributed by atoms with van der Waals surface area (Å²) in [4.78, 5) is 4.73. The third-order valence-corrected chi connectivity index (χ3v) is 4.71. The van der Waals surface area contributed by atoms with E-state index in [0.717, 1.165) is 30.4 Å². The summed E-state index contributed by atoms with van der Waals surface area (Å²) in [6.45, 7) is 3.43. The summed E-state index contributed by atoms with van der Waals surface area (Å²) >= 11 is 1.85. The highest BCUT2D eigenvalue weighted by molar-refractivity contribution is 7.18. The predicted octanol–water partition coefficient (Wildman–Crippen LogP) is 3.62. The maximum Gasteiger partial charge on any atom is 0.0941 e. The topological polar surface area (TPSA) is 24.9 Å². The number of nitrogens with one attached hydrogen (secondary N) is 1. The predicted molar refractivity (Wildman–Crippen MR) is 78.1 cm³/mol. The number of para-hydroxylation sites is 1. The third kappa shape index (κ3) is 2.90. The van der Waals surface area contributed by atoms with Crippen molar-refractivity contribution in [1.29, 1.82) is 0 Å². The average molecular weight is 260 g/mol. The summed E-state index contributed by atoms with van der Waals surface area (Å²) in [5.74, 6) is 0.728. The van der Waals surface area contributed by atoms with Gasteiger partial charge in [-0.05, 0) is 37.4 Å². The molecule has 1 aromatic heterocycles. The van der Waals surface area contributed by atoms with Crippen LogP contribution in [0.3, 0.4) is 0 Å². The summed E-state index contributed by atoms with van der Waals surface area (Å²) in [5, 5.41) is 4.93. The van der Waals surface area contributed by atoms with Gasteiger partial charge in [0.1, 0.15) is 0 Å². The molecule has 18 heavy (non-hydrogen) atoms. The Hall–Kier alpha value is -0.930. The standard InChI is InChI=1S/C15H20N2S/c1-2-11(10-16-12-7-8-12)9-15-17-13-5-3-4-6-14(13)18-15/h3-6,11-12,16H,2,7-10H2,1H3. The molecule has 2 aromatic rings. The van der Waals surface area contributed by atoms with E-state index in [1.807, 2.05) is 11.3 Å². The van der Waals surface area contributed by atoms with Gasteiger partial charge in [0.05, 0.1) is 15.2 Å². The molecular formula is C15H20N2S. The van der Waals surface area contributed by atoms with Gasteiger partial charge in [-0.3, -0.25) is 0 Å². The fraction of sp³-hybridized carbons (Fsp3) is 0.533. The number of aromatic nitrogens is 1. The highest BCUT2D eigenvalue weighted by Gasteiger charge is 2.21. The molecule has 1 unspecified atom stereocenters. The van der Waals surface area contributed by atoms with Crippen LogP contribution in [0.4, 0.5) is 0 Å². The van der Waals surface area contributed by atoms with E-state index >= 15 is 0 Å². The summed E-state index contributed by atoms with van der Waals surface area (Å²) in [6, 6.07) is 9.25. The van der Waals surface area contributed by atoms with Gasteiger partial charge in [0, 0.05) is 12.5 Å². The van der Waals surface area contributed by atoms with Gasteiger partial charge in [-0.1, -0.05) is 25.5 Å². The first-order valence-corrected chi connectivity index (χ1v) is 7.74. The van der Waals surface area contributed by atoms with Gasteiger partial charge in [0.25, 0.3) is 0 Å². The van der Waals surface area contributed by atoms with E-state index in [1.165, 1.54) is 29.0 Å². The monoisotopic (exact) mass is 260 g/mol. The van der Waals surface area contributed by atoms with Gasteiger partial charge < -0.3 is 5.32 Å². The largest absolute Gasteiger partial charge is 0.314 e. The number of fused-ring (bicyclic) bond motifs is 1. The van der Waals surface area contributed by atoms with E-state index in [2.05, 4.69) is 36.5 Å². The number of nitrogens with zero attached hydrogens (tertiary/aromatic N) is 1. The van der Waals surface area contributed by atoms with Crippen LogP contribution >= 0.6 is 11.3 Å². The molecule has 1 fully saturated rings. The van der Waals surface area contributed by atoms with Crippen molar-refractivity contribution >= 4 is 21.6 Å². The molecule has 0 bridgehead atoms. The lowest BCUT2D eigenvalue weighted by atomic mass is 10.0. The number of hydrogen-bond acceptors (Lipinski definition) is 3. The van der Waals surface area contributed by atoms with Gasteiger partial charge in [-0.25, -0.2) is 4.98 Å². The van der Waals surface area contributed by atoms with Crippen LogP contribution in [0.25, 0.3) is 10.2 Å². The molecule has 96 valence electrons. The Kier molecular flexibility index (Phi) is 3.62. The van der Waals surface area contributed by atoms with Crippen LogP contribution in [-0.2, 0) is 6.42 Å². The lowest BCUT2D eigenvalue weighted by Crippen LogP contribution is -2.25. The fourth-order valence-corrected chi connectivity index (χ4v) is 3.32. The molecule has 1 N–H and O–H groups in total. The smallest absolute Gasteiger partial charge is 0.0941 e. The van der Waals surface area contributed by atoms with Crippen molar-refractivity contribution in [2.45, 2.75) is 38.6 Å². The van der Waals surface area contributed by atoms with Crippen molar-refractivity contribution in [1.82, 2.24) is 10.3 Å². The van der Waals surface area contributed by atoms with E-state index < -0.39 is 0 Å². The van der Waals surface area contributed by atoms with E-state index in [4.69, 9.17) is 4.98 Å². The molecule has 1 aliphatic rings. The van der Waals surface area contributed by atoms with Crippen LogP contribution < -0.4 is 5.32 Å². The average Bonchev–Trinajstić information content (AvgIpc) is 3.12. The van der Waals surface area contributed by atoms with Crippen molar-refractivity contribution in [3.05, 3.63) is 29.3 Å². The molecule has 1 aliphatic carbocycles. The molecule has 0 aliphatic heterocycles. The summed E-state index contributed by atoms with van der Waals surface area (Å²) in [5.41, 5.74) is 1.16. The Morgan fingerprint density at radius 3 is 2.94 bits per heavy atom. The highest BCUT2D eigenvalue weighted by atomic mass is 32.1. The molecule has 1 aromatic carbocycles. The van der Waals surface area contributed by atoms with Crippen LogP contribution in [0.2, 0.25) is 0 Å². The molecular weight excluding hydrogens is 240 g/mol. The number of thiazole rings is 1. The normalized spacial score (nSPS) is 17.2. The van der Waals surface area contributed by atoms with Crippen molar-refractivity contribution in [2.24, 2.45) is 5.92 Å². The van der Waals surface area contributed by atoms with Gasteiger partial charge in [0.15, 0.2) is 0 Å². The Labute approximate surface area is 112 Å². The minimum Gasteiger partial charge on any atom is -0.314 e. The van der Waals surface area contributed by atoms with E-state index in [-0.39, 0.29) is 0 Å². The minimum absolute atomic E-state index is 0.728. The lowest BCUT2D eigenvalue weighted by Gasteiger charge is -2.13. The molecule has 3 heteroatoms. The molecule has 0 radical (unpaired) electrons. The van der Waals surface area contributed by atoms with Crippen LogP contribution in [0.5, 0.6) is 0 Å². The number of hydrogen-bond donors (Lipinski definition) is 1. The van der Waals surface area contributed by atoms with Gasteiger partial charge in [0.2, 0.25) is 0 Å². The summed E-state index contributed by atoms with van der Waals surface area (Å²) in [7, 11) is 0. The van der Waals surface area contributed by atoms with Gasteiger partial charge in [-0.15, -0.1) is 11.3 Å². The molecule has 2 nitrogen and oxygen atoms in total. The lowest BCUT2D eigenvalue weighted by molar-refractivity contribution is 0.458. The molecule has 3 rings (SSSR count). The molecule has 0 spiro atoms. The van der Waals surface area contributed by atoms with Crippen LogP contribution in [0.1, 0.15) is 31.2 Å². The SMILES string of the molecule is CCC(CNC1CC1)Cc1nc2ccccc2s1. The highest BCUT2D eigenvalue weighted by Crippen LogP contribution is 2.25. The molecule has 1 heterocycles. The third-order valence-electron chi connectivity index (χ3n) is 3.65. The second-order valence-corrected chi connectivity index (χ2v) is 6.35. The fourth-order valence-electron chi connectivity index (χ4n) is 2.24. The zero-order chi connectivity index (χ0) is 12.4. The van der Waals surface area contributed by atoms with Crippen LogP contribution in [0, 0.1) is 5.92 Å². The Bertz CT molecular complexity index is 483. The quantitative estimate of drug-likeness (QED) is 0.858. The molecule has 1 saturated carbocycles. The van der Waals surface area contributed by atoms with Crippen molar-refractivity contribution in [2.75, 3.05) is 6.54 Å². The van der Waals surface area contributed by atoms with Crippen LogP contribution in [-0.4, -0.2) is 17.6 Å². The molecule has 0 amide bonds. The van der Waals surface area contributed by atoms with E-state index in [0.29, 0.717) is 0 Å². The second-order valence-electron chi connectivity index (χ2n) is 5.24. The summed E-state index contributed by atoms with van der Waals surface area (Å²) < 4.78 is 1.32. The van der Waals surface area contributed by atoms with Gasteiger partial charge in [-0.2, -0.15) is 0 Å². The zero-order valence-corrected chi connectivity index (χ0v) is 11.7. The summed E-state index contributed by atoms with van der Waals surface area (Å²) in [6.07, 6.45) is 5.10. The molecule has 1 atom stereocenters. The first kappa shape index (κ1) is 12.1. The number of rotatable bonds is 6. The first-order valence-electron chi connectivity index (χ1n) is 6.93. The Morgan fingerprint density at radius 2 is 2.22 bits per heavy atom. The zero-order valence-electron chi connectivity index (χ0n) is 10.9. The van der Waals surface area contributed by atoms with Gasteiger partial charge >= 0.3 is 0 Å². The Balaban J connectivity index is 1.65. The molecule has 0 saturated heterocycles. The van der Waals surface area contributed by atoms with Crippen molar-refractivity contribution in [3.8, 4) is 0 Å². The second kappa shape index (κ2) is 5.37. The van der Waals surface area contributed by atoms with E-state index in [1.54, 1.807) is 0 Å². The maximum absolute atomic E-state index is 4.73. The Morgan fingerprint density at radius 1 is 1.39 bits per heavy atom. The maximum atomic E-state index is 4.73. The number of benzene rings is 1. The van der Waals surface area contributed by atoms with Crippen molar-refractivity contribution in [3.63, 3.8) is 0 Å². The van der Waals surface area contributed by atoms with Crippen molar-refractivity contribution < 1.29 is 0 Å². The first-order chi connectivity index (χ1) is 8.85.